The Morgan fingerprint density at radius 3 is 2.25 bits per heavy atom. The molecule has 0 aliphatic carbocycles. The Morgan fingerprint density at radius 1 is 0.969 bits per heavy atom. The number of benzene rings is 3. The predicted molar refractivity (Wildman–Crippen MR) is 126 cm³/mol. The molecule has 3 aromatic carbocycles. The molecule has 1 amide bonds. The number of amides is 1. The van der Waals surface area contributed by atoms with Crippen molar-refractivity contribution in [2.75, 3.05) is 13.7 Å². The van der Waals surface area contributed by atoms with Crippen LogP contribution in [0.25, 0.3) is 5.76 Å². The van der Waals surface area contributed by atoms with Crippen molar-refractivity contribution >= 4 is 33.4 Å². The molecule has 162 valence electrons. The van der Waals surface area contributed by atoms with Gasteiger partial charge < -0.3 is 14.7 Å². The van der Waals surface area contributed by atoms with E-state index in [-0.39, 0.29) is 11.3 Å². The third-order valence-corrected chi connectivity index (χ3v) is 6.10. The van der Waals surface area contributed by atoms with Crippen molar-refractivity contribution in [1.82, 2.24) is 4.90 Å². The normalized spacial score (nSPS) is 17.6. The lowest BCUT2D eigenvalue weighted by Crippen LogP contribution is -2.31. The van der Waals surface area contributed by atoms with Gasteiger partial charge in [0, 0.05) is 16.6 Å². The molecule has 1 aliphatic rings. The summed E-state index contributed by atoms with van der Waals surface area (Å²) in [5.74, 6) is -0.848. The van der Waals surface area contributed by atoms with Crippen molar-refractivity contribution in [2.24, 2.45) is 0 Å². The molecule has 6 heteroatoms. The number of aliphatic hydroxyl groups excluding tert-OH is 1. The fourth-order valence-electron chi connectivity index (χ4n) is 3.90. The van der Waals surface area contributed by atoms with Crippen LogP contribution in [0.3, 0.4) is 0 Å². The lowest BCUT2D eigenvalue weighted by atomic mass is 9.95. The van der Waals surface area contributed by atoms with Gasteiger partial charge in [0.05, 0.1) is 18.7 Å². The molecule has 3 aromatic rings. The first kappa shape index (κ1) is 21.8. The Bertz CT molecular complexity index is 1150. The number of hydrogen-bond acceptors (Lipinski definition) is 4. The largest absolute Gasteiger partial charge is 0.507 e. The van der Waals surface area contributed by atoms with Crippen LogP contribution >= 0.6 is 15.9 Å². The highest BCUT2D eigenvalue weighted by atomic mass is 79.9. The van der Waals surface area contributed by atoms with Gasteiger partial charge in [-0.15, -0.1) is 0 Å². The number of Topliss-reactive ketones (excluding diaryl/α,β-unsaturated/α-hetero) is 1. The average Bonchev–Trinajstić information content (AvgIpc) is 3.08. The molecule has 32 heavy (non-hydrogen) atoms. The van der Waals surface area contributed by atoms with Crippen LogP contribution in [-0.2, 0) is 16.0 Å². The summed E-state index contributed by atoms with van der Waals surface area (Å²) in [7, 11) is 1.56. The maximum Gasteiger partial charge on any atom is 0.295 e. The lowest BCUT2D eigenvalue weighted by molar-refractivity contribution is -0.139. The Hall–Kier alpha value is -3.38. The number of carbonyl (C=O) groups excluding carboxylic acids is 2. The molecule has 1 fully saturated rings. The average molecular weight is 492 g/mol. The Balaban J connectivity index is 1.77. The fourth-order valence-corrected chi connectivity index (χ4v) is 4.17. The highest BCUT2D eigenvalue weighted by molar-refractivity contribution is 9.10. The van der Waals surface area contributed by atoms with Crippen LogP contribution < -0.4 is 4.74 Å². The number of carbonyl (C=O) groups is 2. The summed E-state index contributed by atoms with van der Waals surface area (Å²) in [5, 5.41) is 11.1. The number of methoxy groups -OCH3 is 1. The first-order valence-electron chi connectivity index (χ1n) is 10.2. The molecule has 0 spiro atoms. The van der Waals surface area contributed by atoms with Crippen molar-refractivity contribution in [2.45, 2.75) is 12.5 Å². The van der Waals surface area contributed by atoms with E-state index in [1.807, 2.05) is 54.6 Å². The first-order valence-corrected chi connectivity index (χ1v) is 11.0. The molecule has 0 unspecified atom stereocenters. The number of aliphatic hydroxyl groups is 1. The highest BCUT2D eigenvalue weighted by Crippen LogP contribution is 2.39. The van der Waals surface area contributed by atoms with Gasteiger partial charge in [-0.05, 0) is 53.9 Å². The quantitative estimate of drug-likeness (QED) is 0.295. The van der Waals surface area contributed by atoms with E-state index in [0.29, 0.717) is 24.3 Å². The van der Waals surface area contributed by atoms with Crippen molar-refractivity contribution in [3.63, 3.8) is 0 Å². The summed E-state index contributed by atoms with van der Waals surface area (Å²) < 4.78 is 6.06. The molecule has 1 saturated heterocycles. The van der Waals surface area contributed by atoms with E-state index in [4.69, 9.17) is 4.74 Å². The van der Waals surface area contributed by atoms with Crippen LogP contribution in [0.4, 0.5) is 0 Å². The second kappa shape index (κ2) is 9.40. The number of nitrogens with zero attached hydrogens (tertiary/aromatic N) is 1. The van der Waals surface area contributed by atoms with Gasteiger partial charge in [-0.25, -0.2) is 0 Å². The standard InChI is InChI=1S/C26H22BrNO4/c1-32-21-13-9-19(10-14-21)24(29)22-23(18-7-11-20(27)12-8-18)28(26(31)25(22)30)16-15-17-5-3-2-4-6-17/h2-14,23,29H,15-16H2,1H3/t23-/m1/s1. The number of rotatable bonds is 6. The number of ketones is 1. The third-order valence-electron chi connectivity index (χ3n) is 5.57. The molecule has 4 rings (SSSR count). The minimum atomic E-state index is -0.681. The highest BCUT2D eigenvalue weighted by Gasteiger charge is 2.45. The summed E-state index contributed by atoms with van der Waals surface area (Å²) in [6.07, 6.45) is 0.601. The zero-order valence-corrected chi connectivity index (χ0v) is 19.1. The molecule has 1 atom stereocenters. The van der Waals surface area contributed by atoms with Gasteiger partial charge in [0.25, 0.3) is 11.7 Å². The Kier molecular flexibility index (Phi) is 6.42. The van der Waals surface area contributed by atoms with E-state index in [1.54, 1.807) is 36.3 Å². The van der Waals surface area contributed by atoms with Crippen molar-refractivity contribution in [3.05, 3.63) is 106 Å². The zero-order chi connectivity index (χ0) is 22.7. The molecule has 0 saturated carbocycles. The van der Waals surface area contributed by atoms with Crippen LogP contribution in [0, 0.1) is 0 Å². The molecule has 5 nitrogen and oxygen atoms in total. The molecule has 1 aliphatic heterocycles. The first-order chi connectivity index (χ1) is 15.5. The number of hydrogen-bond donors (Lipinski definition) is 1. The predicted octanol–water partition coefficient (Wildman–Crippen LogP) is 5.12. The topological polar surface area (TPSA) is 66.8 Å². The smallest absolute Gasteiger partial charge is 0.295 e. The van der Waals surface area contributed by atoms with E-state index in [0.717, 1.165) is 15.6 Å². The maximum atomic E-state index is 13.1. The summed E-state index contributed by atoms with van der Waals surface area (Å²) in [6.45, 7) is 0.356. The van der Waals surface area contributed by atoms with E-state index >= 15 is 0 Å². The van der Waals surface area contributed by atoms with Crippen molar-refractivity contribution in [1.29, 1.82) is 0 Å². The van der Waals surface area contributed by atoms with Crippen LogP contribution in [0.5, 0.6) is 5.75 Å². The second-order valence-corrected chi connectivity index (χ2v) is 8.42. The van der Waals surface area contributed by atoms with Gasteiger partial charge in [-0.2, -0.15) is 0 Å². The van der Waals surface area contributed by atoms with Crippen LogP contribution in [0.2, 0.25) is 0 Å². The second-order valence-electron chi connectivity index (χ2n) is 7.51. The summed E-state index contributed by atoms with van der Waals surface area (Å²) >= 11 is 3.43. The van der Waals surface area contributed by atoms with Crippen LogP contribution in [0.1, 0.15) is 22.7 Å². The molecule has 1 heterocycles. The van der Waals surface area contributed by atoms with E-state index < -0.39 is 17.7 Å². The molecule has 0 radical (unpaired) electrons. The monoisotopic (exact) mass is 491 g/mol. The SMILES string of the molecule is COc1ccc(C(O)=C2C(=O)C(=O)N(CCc3ccccc3)[C@@H]2c2ccc(Br)cc2)cc1. The third kappa shape index (κ3) is 4.32. The summed E-state index contributed by atoms with van der Waals surface area (Å²) in [5.41, 5.74) is 2.37. The van der Waals surface area contributed by atoms with Crippen LogP contribution in [0.15, 0.2) is 88.9 Å². The Labute approximate surface area is 195 Å². The summed E-state index contributed by atoms with van der Waals surface area (Å²) in [4.78, 5) is 27.6. The molecule has 1 N–H and O–H groups in total. The molecular formula is C26H22BrNO4. The summed E-state index contributed by atoms with van der Waals surface area (Å²) in [6, 6.07) is 23.3. The van der Waals surface area contributed by atoms with Gasteiger partial charge in [0.2, 0.25) is 0 Å². The van der Waals surface area contributed by atoms with Crippen molar-refractivity contribution < 1.29 is 19.4 Å². The number of likely N-dealkylation sites (tertiary alicyclic amines) is 1. The lowest BCUT2D eigenvalue weighted by Gasteiger charge is -2.25. The van der Waals surface area contributed by atoms with Gasteiger partial charge >= 0.3 is 0 Å². The minimum absolute atomic E-state index is 0.0931. The van der Waals surface area contributed by atoms with Gasteiger partial charge in [0.1, 0.15) is 11.5 Å². The van der Waals surface area contributed by atoms with E-state index in [2.05, 4.69) is 15.9 Å². The van der Waals surface area contributed by atoms with Gasteiger partial charge in [-0.1, -0.05) is 58.4 Å². The van der Waals surface area contributed by atoms with Gasteiger partial charge in [-0.3, -0.25) is 9.59 Å². The molecule has 0 aromatic heterocycles. The number of halogens is 1. The number of ether oxygens (including phenoxy) is 1. The Morgan fingerprint density at radius 2 is 1.62 bits per heavy atom. The van der Waals surface area contributed by atoms with Gasteiger partial charge in [0.15, 0.2) is 0 Å². The minimum Gasteiger partial charge on any atom is -0.507 e. The van der Waals surface area contributed by atoms with Crippen molar-refractivity contribution in [3.8, 4) is 5.75 Å². The van der Waals surface area contributed by atoms with E-state index in [9.17, 15) is 14.7 Å². The molecular weight excluding hydrogens is 470 g/mol. The molecule has 0 bridgehead atoms. The zero-order valence-electron chi connectivity index (χ0n) is 17.5. The van der Waals surface area contributed by atoms with E-state index in [1.165, 1.54) is 0 Å². The maximum absolute atomic E-state index is 13.1. The van der Waals surface area contributed by atoms with Crippen LogP contribution in [-0.4, -0.2) is 35.4 Å². The fraction of sp³-hybridized carbons (Fsp3) is 0.154.